The van der Waals surface area contributed by atoms with E-state index < -0.39 is 5.60 Å². The van der Waals surface area contributed by atoms with Crippen LogP contribution in [0.25, 0.3) is 0 Å². The average Bonchev–Trinajstić information content (AvgIpc) is 2.54. The van der Waals surface area contributed by atoms with Crippen molar-refractivity contribution in [3.05, 3.63) is 59.2 Å². The Hall–Kier alpha value is -1.78. The molecule has 23 heavy (non-hydrogen) atoms. The summed E-state index contributed by atoms with van der Waals surface area (Å²) in [6.45, 7) is 4.34. The van der Waals surface area contributed by atoms with Crippen molar-refractivity contribution < 1.29 is 5.11 Å². The molecule has 0 fully saturated rings. The van der Waals surface area contributed by atoms with E-state index in [2.05, 4.69) is 28.0 Å². The van der Waals surface area contributed by atoms with E-state index in [0.29, 0.717) is 6.04 Å². The molecule has 0 aromatic carbocycles. The van der Waals surface area contributed by atoms with Gasteiger partial charge >= 0.3 is 0 Å². The summed E-state index contributed by atoms with van der Waals surface area (Å²) in [5.74, 6) is 0. The van der Waals surface area contributed by atoms with Gasteiger partial charge in [0.15, 0.2) is 0 Å². The van der Waals surface area contributed by atoms with Crippen molar-refractivity contribution in [1.29, 1.82) is 0 Å². The SMILES string of the molecule is CN(Cc1ccc(C(C)(C)O)cn1)C1CCCc2cccnc21. The highest BCUT2D eigenvalue weighted by Crippen LogP contribution is 2.32. The highest BCUT2D eigenvalue weighted by molar-refractivity contribution is 5.26. The van der Waals surface area contributed by atoms with Crippen LogP contribution in [0.3, 0.4) is 0 Å². The number of hydrogen-bond acceptors (Lipinski definition) is 4. The summed E-state index contributed by atoms with van der Waals surface area (Å²) >= 11 is 0. The number of nitrogens with zero attached hydrogens (tertiary/aromatic N) is 3. The number of aromatic nitrogens is 2. The van der Waals surface area contributed by atoms with E-state index in [1.165, 1.54) is 17.7 Å². The Balaban J connectivity index is 1.74. The van der Waals surface area contributed by atoms with E-state index in [1.807, 2.05) is 24.4 Å². The molecule has 0 spiro atoms. The second-order valence-electron chi connectivity index (χ2n) is 6.97. The third kappa shape index (κ3) is 3.59. The molecule has 0 amide bonds. The summed E-state index contributed by atoms with van der Waals surface area (Å²) in [4.78, 5) is 11.5. The topological polar surface area (TPSA) is 49.2 Å². The molecular weight excluding hydrogens is 286 g/mol. The maximum atomic E-state index is 10.0. The molecule has 1 aliphatic rings. The van der Waals surface area contributed by atoms with Crippen molar-refractivity contribution in [2.45, 2.75) is 51.3 Å². The van der Waals surface area contributed by atoms with E-state index in [1.54, 1.807) is 20.0 Å². The summed E-state index contributed by atoms with van der Waals surface area (Å²) in [6, 6.07) is 8.54. The first kappa shape index (κ1) is 16.1. The first-order valence-electron chi connectivity index (χ1n) is 8.27. The Kier molecular flexibility index (Phi) is 4.46. The van der Waals surface area contributed by atoms with Gasteiger partial charge in [-0.1, -0.05) is 12.1 Å². The normalized spacial score (nSPS) is 18.0. The largest absolute Gasteiger partial charge is 0.386 e. The molecule has 0 aliphatic heterocycles. The second-order valence-corrected chi connectivity index (χ2v) is 6.97. The van der Waals surface area contributed by atoms with Gasteiger partial charge in [-0.25, -0.2) is 0 Å². The molecule has 3 rings (SSSR count). The van der Waals surface area contributed by atoms with Gasteiger partial charge in [0.1, 0.15) is 0 Å². The zero-order valence-corrected chi connectivity index (χ0v) is 14.2. The van der Waals surface area contributed by atoms with Gasteiger partial charge in [0.25, 0.3) is 0 Å². The van der Waals surface area contributed by atoms with Gasteiger partial charge in [-0.05, 0) is 57.9 Å². The summed E-state index contributed by atoms with van der Waals surface area (Å²) < 4.78 is 0. The van der Waals surface area contributed by atoms with Crippen LogP contribution in [0.5, 0.6) is 0 Å². The van der Waals surface area contributed by atoms with Crippen molar-refractivity contribution in [1.82, 2.24) is 14.9 Å². The van der Waals surface area contributed by atoms with Crippen LogP contribution in [0.1, 0.15) is 55.2 Å². The highest BCUT2D eigenvalue weighted by Gasteiger charge is 2.25. The Morgan fingerprint density at radius 1 is 1.26 bits per heavy atom. The van der Waals surface area contributed by atoms with Crippen LogP contribution in [0.4, 0.5) is 0 Å². The Morgan fingerprint density at radius 2 is 2.09 bits per heavy atom. The van der Waals surface area contributed by atoms with Gasteiger partial charge in [0, 0.05) is 24.5 Å². The van der Waals surface area contributed by atoms with E-state index in [4.69, 9.17) is 0 Å². The van der Waals surface area contributed by atoms with Gasteiger partial charge in [-0.3, -0.25) is 14.9 Å². The molecule has 2 heterocycles. The number of pyridine rings is 2. The molecule has 2 aromatic heterocycles. The smallest absolute Gasteiger partial charge is 0.0855 e. The molecule has 4 nitrogen and oxygen atoms in total. The number of fused-ring (bicyclic) bond motifs is 1. The molecule has 0 bridgehead atoms. The van der Waals surface area contributed by atoms with Crippen molar-refractivity contribution in [3.63, 3.8) is 0 Å². The number of rotatable bonds is 4. The van der Waals surface area contributed by atoms with Crippen LogP contribution in [-0.2, 0) is 18.6 Å². The third-order valence-corrected chi connectivity index (χ3v) is 4.64. The first-order valence-corrected chi connectivity index (χ1v) is 8.27. The lowest BCUT2D eigenvalue weighted by atomic mass is 9.91. The highest BCUT2D eigenvalue weighted by atomic mass is 16.3. The van der Waals surface area contributed by atoms with Crippen LogP contribution in [0.2, 0.25) is 0 Å². The quantitative estimate of drug-likeness (QED) is 0.942. The van der Waals surface area contributed by atoms with Crippen molar-refractivity contribution >= 4 is 0 Å². The van der Waals surface area contributed by atoms with E-state index in [9.17, 15) is 5.11 Å². The number of aryl methyl sites for hydroxylation is 1. The van der Waals surface area contributed by atoms with Crippen LogP contribution in [0, 0.1) is 0 Å². The van der Waals surface area contributed by atoms with E-state index in [0.717, 1.165) is 30.6 Å². The van der Waals surface area contributed by atoms with Gasteiger partial charge in [0.2, 0.25) is 0 Å². The molecule has 1 N–H and O–H groups in total. The molecule has 0 saturated heterocycles. The molecular formula is C19H25N3O. The zero-order valence-electron chi connectivity index (χ0n) is 14.2. The van der Waals surface area contributed by atoms with Crippen LogP contribution >= 0.6 is 0 Å². The van der Waals surface area contributed by atoms with Crippen molar-refractivity contribution in [2.75, 3.05) is 7.05 Å². The van der Waals surface area contributed by atoms with Crippen LogP contribution in [-0.4, -0.2) is 27.0 Å². The maximum absolute atomic E-state index is 10.0. The van der Waals surface area contributed by atoms with Gasteiger partial charge in [0.05, 0.1) is 23.0 Å². The van der Waals surface area contributed by atoms with Crippen LogP contribution < -0.4 is 0 Å². The fourth-order valence-electron chi connectivity index (χ4n) is 3.26. The summed E-state index contributed by atoms with van der Waals surface area (Å²) in [5.41, 5.74) is 3.61. The third-order valence-electron chi connectivity index (χ3n) is 4.64. The summed E-state index contributed by atoms with van der Waals surface area (Å²) in [7, 11) is 2.14. The van der Waals surface area contributed by atoms with Crippen molar-refractivity contribution in [2.24, 2.45) is 0 Å². The lowest BCUT2D eigenvalue weighted by molar-refractivity contribution is 0.0781. The van der Waals surface area contributed by atoms with E-state index in [-0.39, 0.29) is 0 Å². The van der Waals surface area contributed by atoms with Gasteiger partial charge < -0.3 is 5.11 Å². The average molecular weight is 311 g/mol. The second kappa shape index (κ2) is 6.38. The summed E-state index contributed by atoms with van der Waals surface area (Å²) in [5, 5.41) is 10.0. The number of aliphatic hydroxyl groups is 1. The van der Waals surface area contributed by atoms with E-state index >= 15 is 0 Å². The Morgan fingerprint density at radius 3 is 2.78 bits per heavy atom. The molecule has 2 aromatic rings. The molecule has 0 radical (unpaired) electrons. The molecule has 1 atom stereocenters. The predicted molar refractivity (Wildman–Crippen MR) is 90.9 cm³/mol. The minimum atomic E-state index is -0.844. The molecule has 0 saturated carbocycles. The molecule has 1 aliphatic carbocycles. The lowest BCUT2D eigenvalue weighted by Gasteiger charge is -2.32. The standard InChI is InChI=1S/C19H25N3O/c1-19(2,23)15-9-10-16(21-12-15)13-22(3)17-8-4-6-14-7-5-11-20-18(14)17/h5,7,9-12,17,23H,4,6,8,13H2,1-3H3. The number of hydrogen-bond donors (Lipinski definition) is 1. The maximum Gasteiger partial charge on any atom is 0.0855 e. The minimum Gasteiger partial charge on any atom is -0.386 e. The Labute approximate surface area is 138 Å². The first-order chi connectivity index (χ1) is 10.9. The zero-order chi connectivity index (χ0) is 16.4. The van der Waals surface area contributed by atoms with Gasteiger partial charge in [-0.15, -0.1) is 0 Å². The van der Waals surface area contributed by atoms with Crippen molar-refractivity contribution in [3.8, 4) is 0 Å². The minimum absolute atomic E-state index is 0.357. The molecule has 122 valence electrons. The predicted octanol–water partition coefficient (Wildman–Crippen LogP) is 3.21. The Bertz CT molecular complexity index is 661. The van der Waals surface area contributed by atoms with Gasteiger partial charge in [-0.2, -0.15) is 0 Å². The fraction of sp³-hybridized carbons (Fsp3) is 0.474. The van der Waals surface area contributed by atoms with Crippen LogP contribution in [0.15, 0.2) is 36.7 Å². The lowest BCUT2D eigenvalue weighted by Crippen LogP contribution is -2.28. The fourth-order valence-corrected chi connectivity index (χ4v) is 3.26. The summed E-state index contributed by atoms with van der Waals surface area (Å²) in [6.07, 6.45) is 7.14. The molecule has 1 unspecified atom stereocenters. The monoisotopic (exact) mass is 311 g/mol. The molecule has 4 heteroatoms.